The minimum Gasteiger partial charge on any atom is -0.477 e. The van der Waals surface area contributed by atoms with Gasteiger partial charge in [0.15, 0.2) is 31.5 Å². The highest BCUT2D eigenvalue weighted by molar-refractivity contribution is 5.77. The van der Waals surface area contributed by atoms with Crippen molar-refractivity contribution in [2.45, 2.75) is 252 Å². The van der Waals surface area contributed by atoms with E-state index in [0.717, 1.165) is 6.92 Å². The average Bonchev–Trinajstić information content (AvgIpc) is 0.725. The molecule has 0 saturated carbocycles. The third kappa shape index (κ3) is 15.3. The molecular formula is C49H82O43. The molecule has 28 N–H and O–H groups in total. The van der Waals surface area contributed by atoms with Crippen LogP contribution in [0.4, 0.5) is 0 Å². The van der Waals surface area contributed by atoms with Crippen molar-refractivity contribution in [3.63, 3.8) is 0 Å². The zero-order valence-electron chi connectivity index (χ0n) is 48.0. The molecule has 7 rings (SSSR count). The van der Waals surface area contributed by atoms with Crippen molar-refractivity contribution in [1.29, 1.82) is 0 Å². The van der Waals surface area contributed by atoms with Crippen molar-refractivity contribution in [3.05, 3.63) is 0 Å². The van der Waals surface area contributed by atoms with Gasteiger partial charge in [0.25, 0.3) is 11.6 Å². The van der Waals surface area contributed by atoms with E-state index in [1.807, 2.05) is 0 Å². The second kappa shape index (κ2) is 31.5. The second-order valence-electron chi connectivity index (χ2n) is 23.0. The summed E-state index contributed by atoms with van der Waals surface area (Å²) >= 11 is 0. The summed E-state index contributed by atoms with van der Waals surface area (Å²) in [6.45, 7) is -6.65. The van der Waals surface area contributed by atoms with Gasteiger partial charge in [-0.05, 0) is 6.92 Å². The highest BCUT2D eigenvalue weighted by atomic mass is 16.8. The maximum atomic E-state index is 13.3. The van der Waals surface area contributed by atoms with Gasteiger partial charge in [0.1, 0.15) is 183 Å². The van der Waals surface area contributed by atoms with Gasteiger partial charge in [-0.1, -0.05) is 0 Å². The molecule has 7 aliphatic heterocycles. The van der Waals surface area contributed by atoms with Crippen LogP contribution in [0.25, 0.3) is 0 Å². The molecule has 0 bridgehead atoms. The molecule has 43 heteroatoms. The number of carbonyl (C=O) groups is 2. The summed E-state index contributed by atoms with van der Waals surface area (Å²) in [5.74, 6) is -12.5. The van der Waals surface area contributed by atoms with Crippen molar-refractivity contribution >= 4 is 11.9 Å². The van der Waals surface area contributed by atoms with Crippen molar-refractivity contribution in [2.24, 2.45) is 0 Å². The summed E-state index contributed by atoms with van der Waals surface area (Å²) < 4.78 is 74.0. The molecule has 92 heavy (non-hydrogen) atoms. The molecule has 0 spiro atoms. The first-order valence-electron chi connectivity index (χ1n) is 28.5. The van der Waals surface area contributed by atoms with Gasteiger partial charge in [0.2, 0.25) is 0 Å². The molecule has 0 aromatic carbocycles. The molecule has 0 aliphatic carbocycles. The Morgan fingerprint density at radius 3 is 1.45 bits per heavy atom. The van der Waals surface area contributed by atoms with Gasteiger partial charge in [-0.25, -0.2) is 9.59 Å². The molecule has 0 aromatic heterocycles. The fourth-order valence-corrected chi connectivity index (χ4v) is 11.4. The van der Waals surface area contributed by atoms with Crippen LogP contribution >= 0.6 is 0 Å². The summed E-state index contributed by atoms with van der Waals surface area (Å²) in [6.07, 6.45) is -89.6. The van der Waals surface area contributed by atoms with E-state index in [1.54, 1.807) is 0 Å². The first-order valence-corrected chi connectivity index (χ1v) is 28.5. The van der Waals surface area contributed by atoms with Crippen molar-refractivity contribution in [2.75, 3.05) is 39.6 Å². The van der Waals surface area contributed by atoms with E-state index >= 15 is 0 Å². The van der Waals surface area contributed by atoms with Crippen molar-refractivity contribution in [3.8, 4) is 0 Å². The summed E-state index contributed by atoms with van der Waals surface area (Å²) in [6, 6.07) is 0. The van der Waals surface area contributed by atoms with E-state index < -0.39 is 296 Å². The molecule has 7 aliphatic rings. The number of hydrogen-bond donors (Lipinski definition) is 28. The standard InChI is InChI=1S/C49H82O43/c1-9-17(60)19(62)28(71)42(81-9)88-38-24(67)23(66)32(14(59)8-80-41-27(70)21(64)22(65)31(83-41)10(55)3-50)84-45(38)87-37-30(73)44(85-34(12(57)5-52)39(37)89-43-29(72)20(63)18(61)16(7-54)82-43)86-36-15(2-48(79,46(75)76)91-35(36)13(58)6-53)90-49(47(77)78)40(74)26(69)25(68)33(92-49)11(56)4-51/h9-45,50-74,79H,2-8H2,1H3,(H,75,76)(H,77,78)/t9-,10-,11+,12-,13+,14-,15+,16+,17-,18+,19+,20-,21-,22-,23-,24-,25+,26-,27-,28+,29+,30-,31+,32+,33+,34+,35+,36+,37+,38-,39+,40-,41-,42-,43-,44+,45+,48+,49+/m0/s1. The number of aliphatic carboxylic acids is 2. The summed E-state index contributed by atoms with van der Waals surface area (Å²) in [5, 5.41) is 304. The number of hydrogen-bond acceptors (Lipinski definition) is 41. The number of aliphatic hydroxyl groups is 26. The predicted octanol–water partition coefficient (Wildman–Crippen LogP) is -18.5. The van der Waals surface area contributed by atoms with Crippen LogP contribution in [-0.4, -0.2) is 433 Å². The highest BCUT2D eigenvalue weighted by Crippen LogP contribution is 2.43. The SMILES string of the molecule is C[C@@H]1O[C@@H](O[C@@H]2[C@@H](O[C@@H]3[C@H](O)[C@@H](O[C@H]4[C@@H]([C@H](O)CO)O[C@@](O)(C(=O)O)C[C@H]4O[C@@]4(C(=O)O)O[C@H]([C@H](O)CO)[C@H](O)[C@H](O)[C@@H]4O)O[C@H]([C@@H](O)CO)[C@H]3O[C@@H]3O[C@H](CO)[C@@H](O)[C@H](O)[C@H]3O)O[C@H]([C@@H](O)CO[C@H]3O[C@H]([C@@H](O)CO)[C@@H](O)[C@H](O)[C@@H]3O)[C@@H](O)[C@@H]2O)[C@H](O)[C@H](O)[C@H]1O. The Labute approximate surface area is 516 Å². The van der Waals surface area contributed by atoms with Crippen LogP contribution in [0.3, 0.4) is 0 Å². The molecule has 39 atom stereocenters. The fourth-order valence-electron chi connectivity index (χ4n) is 11.4. The van der Waals surface area contributed by atoms with Crippen LogP contribution in [-0.2, 0) is 71.2 Å². The molecule has 7 fully saturated rings. The molecule has 7 heterocycles. The number of carboxylic acid groups (broad SMARTS) is 2. The minimum absolute atomic E-state index is 1.07. The molecule has 0 amide bonds. The Morgan fingerprint density at radius 1 is 0.424 bits per heavy atom. The zero-order valence-corrected chi connectivity index (χ0v) is 48.0. The Balaban J connectivity index is 1.35. The van der Waals surface area contributed by atoms with Crippen LogP contribution in [0, 0.1) is 0 Å². The molecule has 0 aromatic rings. The first-order chi connectivity index (χ1) is 43.1. The normalized spacial score (nSPS) is 49.7. The van der Waals surface area contributed by atoms with Gasteiger partial charge in [-0.15, -0.1) is 0 Å². The van der Waals surface area contributed by atoms with Gasteiger partial charge in [0, 0.05) is 6.42 Å². The van der Waals surface area contributed by atoms with E-state index in [9.17, 15) is 153 Å². The van der Waals surface area contributed by atoms with Crippen LogP contribution in [0.1, 0.15) is 13.3 Å². The third-order valence-corrected chi connectivity index (χ3v) is 16.8. The quantitative estimate of drug-likeness (QED) is 0.0404. The molecule has 7 saturated heterocycles. The molecule has 0 radical (unpaired) electrons. The summed E-state index contributed by atoms with van der Waals surface area (Å²) in [5.41, 5.74) is 0. The second-order valence-corrected chi connectivity index (χ2v) is 23.0. The Bertz CT molecular complexity index is 2340. The zero-order chi connectivity index (χ0) is 68.7. The lowest BCUT2D eigenvalue weighted by atomic mass is 9.88. The van der Waals surface area contributed by atoms with E-state index in [4.69, 9.17) is 61.6 Å². The lowest BCUT2D eigenvalue weighted by molar-refractivity contribution is -0.423. The Morgan fingerprint density at radius 2 is 0.870 bits per heavy atom. The number of ether oxygens (including phenoxy) is 13. The number of aliphatic hydroxyl groups excluding tert-OH is 25. The average molecular weight is 1360 g/mol. The van der Waals surface area contributed by atoms with Crippen LogP contribution in [0.15, 0.2) is 0 Å². The number of carboxylic acids is 2. The molecular weight excluding hydrogens is 1280 g/mol. The van der Waals surface area contributed by atoms with Gasteiger partial charge < -0.3 is 205 Å². The van der Waals surface area contributed by atoms with Crippen LogP contribution in [0.2, 0.25) is 0 Å². The third-order valence-electron chi connectivity index (χ3n) is 16.8. The topological polar surface area (TPSA) is 721 Å². The van der Waals surface area contributed by atoms with E-state index in [1.165, 1.54) is 0 Å². The maximum Gasteiger partial charge on any atom is 0.367 e. The largest absolute Gasteiger partial charge is 0.477 e. The summed E-state index contributed by atoms with van der Waals surface area (Å²) in [4.78, 5) is 26.0. The smallest absolute Gasteiger partial charge is 0.367 e. The van der Waals surface area contributed by atoms with E-state index in [2.05, 4.69) is 0 Å². The van der Waals surface area contributed by atoms with Crippen molar-refractivity contribution in [1.82, 2.24) is 0 Å². The summed E-state index contributed by atoms with van der Waals surface area (Å²) in [7, 11) is 0. The monoisotopic (exact) mass is 1360 g/mol. The highest BCUT2D eigenvalue weighted by Gasteiger charge is 2.66. The Kier molecular flexibility index (Phi) is 26.3. The lowest BCUT2D eigenvalue weighted by Crippen LogP contribution is -2.73. The van der Waals surface area contributed by atoms with Gasteiger partial charge in [0.05, 0.1) is 51.8 Å². The van der Waals surface area contributed by atoms with Gasteiger partial charge in [-0.2, -0.15) is 0 Å². The maximum absolute atomic E-state index is 13.3. The van der Waals surface area contributed by atoms with Gasteiger partial charge in [-0.3, -0.25) is 0 Å². The molecule has 0 unspecified atom stereocenters. The lowest BCUT2D eigenvalue weighted by Gasteiger charge is -2.53. The van der Waals surface area contributed by atoms with Gasteiger partial charge >= 0.3 is 11.9 Å². The molecule has 43 nitrogen and oxygen atoms in total. The first kappa shape index (κ1) is 76.7. The fraction of sp³-hybridized carbons (Fsp3) is 0.959. The number of rotatable bonds is 25. The van der Waals surface area contributed by atoms with Crippen molar-refractivity contribution < 1.29 is 214 Å². The predicted molar refractivity (Wildman–Crippen MR) is 272 cm³/mol. The Hall–Kier alpha value is -2.62. The molecule has 536 valence electrons. The van der Waals surface area contributed by atoms with E-state index in [-0.39, 0.29) is 0 Å². The minimum atomic E-state index is -3.92. The van der Waals surface area contributed by atoms with Crippen LogP contribution in [0.5, 0.6) is 0 Å². The van der Waals surface area contributed by atoms with Crippen LogP contribution < -0.4 is 0 Å². The van der Waals surface area contributed by atoms with E-state index in [0.29, 0.717) is 0 Å².